The van der Waals surface area contributed by atoms with E-state index in [9.17, 15) is 4.79 Å². The molecule has 1 fully saturated rings. The van der Waals surface area contributed by atoms with E-state index in [0.29, 0.717) is 22.8 Å². The molecule has 0 atom stereocenters. The van der Waals surface area contributed by atoms with Crippen LogP contribution in [-0.4, -0.2) is 29.1 Å². The number of nitrogens with zero attached hydrogens (tertiary/aromatic N) is 3. The van der Waals surface area contributed by atoms with Crippen LogP contribution in [0.15, 0.2) is 53.3 Å². The second-order valence-corrected chi connectivity index (χ2v) is 6.96. The number of aryl methyl sites for hydroxylation is 1. The normalized spacial score (nSPS) is 14.0. The molecule has 1 amide bonds. The van der Waals surface area contributed by atoms with Crippen LogP contribution in [0.1, 0.15) is 35.4 Å². The number of pyridine rings is 1. The highest BCUT2D eigenvalue weighted by atomic mass is 16.5. The molecule has 0 bridgehead atoms. The lowest BCUT2D eigenvalue weighted by Gasteiger charge is -2.28. The fourth-order valence-corrected chi connectivity index (χ4v) is 3.32. The molecule has 1 saturated heterocycles. The molecule has 7 heteroatoms. The lowest BCUT2D eigenvalue weighted by Crippen LogP contribution is -2.29. The highest BCUT2D eigenvalue weighted by Crippen LogP contribution is 2.22. The average molecular weight is 377 g/mol. The Morgan fingerprint density at radius 3 is 2.54 bits per heavy atom. The van der Waals surface area contributed by atoms with Gasteiger partial charge in [-0.05, 0) is 56.5 Å². The van der Waals surface area contributed by atoms with Gasteiger partial charge in [-0.15, -0.1) is 0 Å². The maximum atomic E-state index is 12.6. The van der Waals surface area contributed by atoms with Gasteiger partial charge in [0.25, 0.3) is 5.91 Å². The lowest BCUT2D eigenvalue weighted by molar-refractivity contribution is 0.102. The van der Waals surface area contributed by atoms with Gasteiger partial charge in [0.05, 0.1) is 17.4 Å². The Kier molecular flexibility index (Phi) is 5.23. The minimum atomic E-state index is -0.210. The molecule has 7 nitrogen and oxygen atoms in total. The number of aromatic nitrogens is 2. The summed E-state index contributed by atoms with van der Waals surface area (Å²) >= 11 is 0. The molecular weight excluding hydrogens is 354 g/mol. The molecule has 0 saturated carbocycles. The van der Waals surface area contributed by atoms with Gasteiger partial charge >= 0.3 is 0 Å². The van der Waals surface area contributed by atoms with E-state index in [1.165, 1.54) is 31.1 Å². The molecule has 3 aromatic rings. The van der Waals surface area contributed by atoms with Crippen LogP contribution >= 0.6 is 0 Å². The highest BCUT2D eigenvalue weighted by Gasteiger charge is 2.12. The van der Waals surface area contributed by atoms with Gasteiger partial charge < -0.3 is 20.1 Å². The van der Waals surface area contributed by atoms with Gasteiger partial charge in [-0.2, -0.15) is 0 Å². The molecule has 2 aromatic heterocycles. The van der Waals surface area contributed by atoms with Gasteiger partial charge in [0.15, 0.2) is 5.82 Å². The first-order chi connectivity index (χ1) is 13.7. The first kappa shape index (κ1) is 18.0. The zero-order valence-electron chi connectivity index (χ0n) is 15.8. The second-order valence-electron chi connectivity index (χ2n) is 6.96. The number of hydrogen-bond donors (Lipinski definition) is 2. The summed E-state index contributed by atoms with van der Waals surface area (Å²) in [5.41, 5.74) is 3.09. The van der Waals surface area contributed by atoms with Crippen molar-refractivity contribution in [3.63, 3.8) is 0 Å². The molecule has 1 aliphatic heterocycles. The van der Waals surface area contributed by atoms with Crippen molar-refractivity contribution in [1.82, 2.24) is 10.1 Å². The largest absolute Gasteiger partial charge is 0.372 e. The van der Waals surface area contributed by atoms with Crippen molar-refractivity contribution in [1.29, 1.82) is 0 Å². The summed E-state index contributed by atoms with van der Waals surface area (Å²) in [6, 6.07) is 11.5. The topological polar surface area (TPSA) is 83.3 Å². The van der Waals surface area contributed by atoms with Gasteiger partial charge in [0, 0.05) is 36.7 Å². The van der Waals surface area contributed by atoms with Gasteiger partial charge in [0.1, 0.15) is 5.76 Å². The van der Waals surface area contributed by atoms with Crippen molar-refractivity contribution in [3.05, 3.63) is 60.1 Å². The van der Waals surface area contributed by atoms with E-state index in [1.807, 2.05) is 19.1 Å². The lowest BCUT2D eigenvalue weighted by atomic mass is 10.1. The van der Waals surface area contributed by atoms with Crippen molar-refractivity contribution in [3.8, 4) is 0 Å². The molecule has 0 aliphatic carbocycles. The van der Waals surface area contributed by atoms with E-state index in [0.717, 1.165) is 18.8 Å². The SMILES string of the molecule is Cc1cc(Nc2cncc(C(=O)Nc3ccc(N4CCCCC4)cc3)c2)no1. The third-order valence-electron chi connectivity index (χ3n) is 4.75. The molecule has 1 aromatic carbocycles. The van der Waals surface area contributed by atoms with Gasteiger partial charge in [0.2, 0.25) is 0 Å². The van der Waals surface area contributed by atoms with Crippen LogP contribution in [0.2, 0.25) is 0 Å². The van der Waals surface area contributed by atoms with E-state index < -0.39 is 0 Å². The summed E-state index contributed by atoms with van der Waals surface area (Å²) < 4.78 is 5.03. The van der Waals surface area contributed by atoms with Crippen LogP contribution in [0, 0.1) is 6.92 Å². The van der Waals surface area contributed by atoms with Crippen LogP contribution in [0.5, 0.6) is 0 Å². The van der Waals surface area contributed by atoms with Gasteiger partial charge in [-0.3, -0.25) is 9.78 Å². The predicted octanol–water partition coefficient (Wildman–Crippen LogP) is 4.36. The van der Waals surface area contributed by atoms with Crippen molar-refractivity contribution >= 4 is 28.8 Å². The second kappa shape index (κ2) is 8.12. The molecule has 1 aliphatic rings. The molecule has 3 heterocycles. The number of nitrogens with one attached hydrogen (secondary N) is 2. The molecular formula is C21H23N5O2. The fourth-order valence-electron chi connectivity index (χ4n) is 3.32. The molecule has 28 heavy (non-hydrogen) atoms. The zero-order valence-corrected chi connectivity index (χ0v) is 15.8. The summed E-state index contributed by atoms with van der Waals surface area (Å²) in [6.45, 7) is 4.02. The number of carbonyl (C=O) groups excluding carboxylic acids is 1. The van der Waals surface area contributed by atoms with Crippen LogP contribution in [0.4, 0.5) is 22.9 Å². The molecule has 4 rings (SSSR count). The summed E-state index contributed by atoms with van der Waals surface area (Å²) in [7, 11) is 0. The Balaban J connectivity index is 1.41. The number of benzene rings is 1. The Morgan fingerprint density at radius 2 is 1.82 bits per heavy atom. The Hall–Kier alpha value is -3.35. The summed E-state index contributed by atoms with van der Waals surface area (Å²) in [5, 5.41) is 9.88. The third kappa shape index (κ3) is 4.31. The van der Waals surface area contributed by atoms with Crippen LogP contribution in [0.3, 0.4) is 0 Å². The fraction of sp³-hybridized carbons (Fsp3) is 0.286. The monoisotopic (exact) mass is 377 g/mol. The number of piperidine rings is 1. The summed E-state index contributed by atoms with van der Waals surface area (Å²) in [6.07, 6.45) is 6.96. The molecule has 144 valence electrons. The average Bonchev–Trinajstić information content (AvgIpc) is 3.14. The van der Waals surface area contributed by atoms with E-state index in [1.54, 1.807) is 18.3 Å². The smallest absolute Gasteiger partial charge is 0.257 e. The first-order valence-corrected chi connectivity index (χ1v) is 9.49. The summed E-state index contributed by atoms with van der Waals surface area (Å²) in [4.78, 5) is 19.1. The minimum Gasteiger partial charge on any atom is -0.372 e. The zero-order chi connectivity index (χ0) is 19.3. The summed E-state index contributed by atoms with van der Waals surface area (Å²) in [5.74, 6) is 1.07. The van der Waals surface area contributed by atoms with Crippen LogP contribution < -0.4 is 15.5 Å². The quantitative estimate of drug-likeness (QED) is 0.687. The maximum absolute atomic E-state index is 12.6. The minimum absolute atomic E-state index is 0.210. The van der Waals surface area contributed by atoms with E-state index in [4.69, 9.17) is 4.52 Å². The molecule has 0 radical (unpaired) electrons. The standard InChI is InChI=1S/C21H23N5O2/c1-15-11-20(25-28-15)23-18-12-16(13-22-14-18)21(27)24-17-5-7-19(8-6-17)26-9-3-2-4-10-26/h5-8,11-14H,2-4,9-10H2,1H3,(H,23,25)(H,24,27). The van der Waals surface area contributed by atoms with Gasteiger partial charge in [-0.25, -0.2) is 0 Å². The number of amides is 1. The van der Waals surface area contributed by atoms with Crippen molar-refractivity contribution in [2.75, 3.05) is 28.6 Å². The van der Waals surface area contributed by atoms with Gasteiger partial charge in [-0.1, -0.05) is 5.16 Å². The predicted molar refractivity (Wildman–Crippen MR) is 109 cm³/mol. The first-order valence-electron chi connectivity index (χ1n) is 9.49. The number of anilines is 4. The highest BCUT2D eigenvalue weighted by molar-refractivity contribution is 6.04. The van der Waals surface area contributed by atoms with Crippen LogP contribution in [0.25, 0.3) is 0 Å². The van der Waals surface area contributed by atoms with Crippen molar-refractivity contribution < 1.29 is 9.32 Å². The number of hydrogen-bond acceptors (Lipinski definition) is 6. The Bertz CT molecular complexity index is 945. The molecule has 2 N–H and O–H groups in total. The van der Waals surface area contributed by atoms with Crippen LogP contribution in [-0.2, 0) is 0 Å². The molecule has 0 spiro atoms. The molecule has 0 unspecified atom stereocenters. The third-order valence-corrected chi connectivity index (χ3v) is 4.75. The number of carbonyl (C=O) groups is 1. The number of rotatable bonds is 5. The van der Waals surface area contributed by atoms with E-state index >= 15 is 0 Å². The van der Waals surface area contributed by atoms with Crippen molar-refractivity contribution in [2.45, 2.75) is 26.2 Å². The Morgan fingerprint density at radius 1 is 1.04 bits per heavy atom. The maximum Gasteiger partial charge on any atom is 0.257 e. The van der Waals surface area contributed by atoms with E-state index in [-0.39, 0.29) is 5.91 Å². The Labute approximate surface area is 163 Å². The van der Waals surface area contributed by atoms with E-state index in [2.05, 4.69) is 37.8 Å². The van der Waals surface area contributed by atoms with Crippen molar-refractivity contribution in [2.24, 2.45) is 0 Å².